The van der Waals surface area contributed by atoms with Crippen molar-refractivity contribution < 1.29 is 0 Å². The van der Waals surface area contributed by atoms with Gasteiger partial charge in [0.05, 0.1) is 5.69 Å². The summed E-state index contributed by atoms with van der Waals surface area (Å²) in [5.41, 5.74) is 1.28. The number of nitrogens with zero attached hydrogens (tertiary/aromatic N) is 3. The topological polar surface area (TPSA) is 42.7 Å². The lowest BCUT2D eigenvalue weighted by atomic mass is 9.69. The Balaban J connectivity index is 2.21. The molecular weight excluding hydrogens is 316 g/mol. The monoisotopic (exact) mass is 342 g/mol. The Morgan fingerprint density at radius 1 is 1.40 bits per heavy atom. The molecule has 1 saturated carbocycles. The largest absolute Gasteiger partial charge is 0.317 e. The maximum Gasteiger partial charge on any atom is 0.151 e. The van der Waals surface area contributed by atoms with Crippen molar-refractivity contribution >= 4 is 15.9 Å². The van der Waals surface area contributed by atoms with Crippen LogP contribution in [0.1, 0.15) is 51.6 Å². The Kier molecular flexibility index (Phi) is 5.61. The molecule has 5 heteroatoms. The van der Waals surface area contributed by atoms with Crippen molar-refractivity contribution in [1.82, 2.24) is 20.3 Å². The molecular formula is C15H27BrN4. The summed E-state index contributed by atoms with van der Waals surface area (Å²) in [5, 5.41) is 11.9. The molecule has 114 valence electrons. The van der Waals surface area contributed by atoms with E-state index in [-0.39, 0.29) is 0 Å². The molecule has 0 amide bonds. The normalized spacial score (nSPS) is 27.2. The second-order valence-corrected chi connectivity index (χ2v) is 7.13. The predicted molar refractivity (Wildman–Crippen MR) is 85.7 cm³/mol. The zero-order valence-corrected chi connectivity index (χ0v) is 14.7. The summed E-state index contributed by atoms with van der Waals surface area (Å²) in [6.45, 7) is 9.02. The molecule has 1 N–H and O–H groups in total. The summed E-state index contributed by atoms with van der Waals surface area (Å²) in [7, 11) is 2.01. The second kappa shape index (κ2) is 7.03. The van der Waals surface area contributed by atoms with Crippen molar-refractivity contribution in [3.63, 3.8) is 0 Å². The first-order chi connectivity index (χ1) is 9.54. The number of aryl methyl sites for hydroxylation is 1. The third-order valence-corrected chi connectivity index (χ3v) is 5.38. The van der Waals surface area contributed by atoms with Crippen LogP contribution in [0.15, 0.2) is 4.60 Å². The van der Waals surface area contributed by atoms with Crippen LogP contribution in [0.5, 0.6) is 0 Å². The molecule has 1 aromatic rings. The highest BCUT2D eigenvalue weighted by Gasteiger charge is 2.35. The Labute approximate surface area is 130 Å². The minimum Gasteiger partial charge on any atom is -0.317 e. The number of aromatic nitrogens is 3. The number of rotatable bonds is 5. The SMILES string of the molecule is CCNCC1CCC(C(C)C)CC1c1c(Br)nnn1C. The highest BCUT2D eigenvalue weighted by molar-refractivity contribution is 9.10. The Morgan fingerprint density at radius 3 is 2.70 bits per heavy atom. The van der Waals surface area contributed by atoms with Gasteiger partial charge in [-0.1, -0.05) is 26.0 Å². The summed E-state index contributed by atoms with van der Waals surface area (Å²) in [5.74, 6) is 2.83. The lowest BCUT2D eigenvalue weighted by Gasteiger charge is -2.38. The summed E-state index contributed by atoms with van der Waals surface area (Å²) in [6, 6.07) is 0. The molecule has 3 unspecified atom stereocenters. The van der Waals surface area contributed by atoms with Gasteiger partial charge >= 0.3 is 0 Å². The predicted octanol–water partition coefficient (Wildman–Crippen LogP) is 3.34. The van der Waals surface area contributed by atoms with E-state index in [4.69, 9.17) is 0 Å². The molecule has 1 aromatic heterocycles. The number of hydrogen-bond acceptors (Lipinski definition) is 3. The number of halogens is 1. The number of hydrogen-bond donors (Lipinski definition) is 1. The fourth-order valence-corrected chi connectivity index (χ4v) is 4.13. The Hall–Kier alpha value is -0.420. The van der Waals surface area contributed by atoms with E-state index in [1.165, 1.54) is 25.0 Å². The molecule has 2 rings (SSSR count). The smallest absolute Gasteiger partial charge is 0.151 e. The van der Waals surface area contributed by atoms with Crippen molar-refractivity contribution in [3.8, 4) is 0 Å². The molecule has 1 aliphatic carbocycles. The van der Waals surface area contributed by atoms with E-state index < -0.39 is 0 Å². The lowest BCUT2D eigenvalue weighted by Crippen LogP contribution is -2.34. The standard InChI is InChI=1S/C15H27BrN4/c1-5-17-9-12-7-6-11(10(2)3)8-13(12)14-15(16)18-19-20(14)4/h10-13,17H,5-9H2,1-4H3. The molecule has 0 saturated heterocycles. The molecule has 20 heavy (non-hydrogen) atoms. The molecule has 0 spiro atoms. The Morgan fingerprint density at radius 2 is 2.15 bits per heavy atom. The highest BCUT2D eigenvalue weighted by atomic mass is 79.9. The van der Waals surface area contributed by atoms with Gasteiger partial charge in [-0.15, -0.1) is 5.10 Å². The van der Waals surface area contributed by atoms with Gasteiger partial charge in [-0.05, 0) is 66.0 Å². The maximum atomic E-state index is 4.19. The quantitative estimate of drug-likeness (QED) is 0.892. The van der Waals surface area contributed by atoms with Crippen molar-refractivity contribution in [2.24, 2.45) is 24.8 Å². The van der Waals surface area contributed by atoms with Crippen LogP contribution < -0.4 is 5.32 Å². The maximum absolute atomic E-state index is 4.19. The van der Waals surface area contributed by atoms with Crippen molar-refractivity contribution in [2.75, 3.05) is 13.1 Å². The summed E-state index contributed by atoms with van der Waals surface area (Å²) in [6.07, 6.45) is 3.92. The van der Waals surface area contributed by atoms with E-state index in [9.17, 15) is 0 Å². The molecule has 4 nitrogen and oxygen atoms in total. The molecule has 0 radical (unpaired) electrons. The van der Waals surface area contributed by atoms with Crippen LogP contribution in [0, 0.1) is 17.8 Å². The van der Waals surface area contributed by atoms with Crippen molar-refractivity contribution in [1.29, 1.82) is 0 Å². The number of nitrogens with one attached hydrogen (secondary N) is 1. The van der Waals surface area contributed by atoms with Crippen LogP contribution in [0.4, 0.5) is 0 Å². The molecule has 0 aliphatic heterocycles. The summed E-state index contributed by atoms with van der Waals surface area (Å²) < 4.78 is 2.88. The van der Waals surface area contributed by atoms with Crippen LogP contribution in [-0.2, 0) is 7.05 Å². The Bertz CT molecular complexity index is 410. The van der Waals surface area contributed by atoms with Crippen molar-refractivity contribution in [3.05, 3.63) is 10.3 Å². The molecule has 0 bridgehead atoms. The molecule has 1 fully saturated rings. The third kappa shape index (κ3) is 3.42. The minimum absolute atomic E-state index is 0.560. The highest BCUT2D eigenvalue weighted by Crippen LogP contribution is 2.44. The van der Waals surface area contributed by atoms with E-state index in [1.54, 1.807) is 0 Å². The fourth-order valence-electron chi connectivity index (χ4n) is 3.51. The van der Waals surface area contributed by atoms with Gasteiger partial charge in [-0.3, -0.25) is 4.68 Å². The van der Waals surface area contributed by atoms with Crippen LogP contribution in [0.3, 0.4) is 0 Å². The summed E-state index contributed by atoms with van der Waals surface area (Å²) >= 11 is 3.59. The lowest BCUT2D eigenvalue weighted by molar-refractivity contribution is 0.185. The molecule has 1 heterocycles. The van der Waals surface area contributed by atoms with Gasteiger partial charge in [-0.2, -0.15) is 0 Å². The van der Waals surface area contributed by atoms with E-state index in [1.807, 2.05) is 11.7 Å². The first kappa shape index (κ1) is 16.0. The van der Waals surface area contributed by atoms with E-state index in [2.05, 4.69) is 52.3 Å². The first-order valence-corrected chi connectivity index (χ1v) is 8.59. The van der Waals surface area contributed by atoms with Gasteiger partial charge in [0, 0.05) is 13.0 Å². The van der Waals surface area contributed by atoms with Crippen LogP contribution in [-0.4, -0.2) is 28.1 Å². The zero-order chi connectivity index (χ0) is 14.7. The molecule has 3 atom stereocenters. The third-order valence-electron chi connectivity index (χ3n) is 4.81. The first-order valence-electron chi connectivity index (χ1n) is 7.80. The molecule has 1 aliphatic rings. The van der Waals surface area contributed by atoms with Gasteiger partial charge in [0.1, 0.15) is 0 Å². The minimum atomic E-state index is 0.560. The van der Waals surface area contributed by atoms with Gasteiger partial charge in [0.15, 0.2) is 4.60 Å². The van der Waals surface area contributed by atoms with Gasteiger partial charge in [-0.25, -0.2) is 0 Å². The van der Waals surface area contributed by atoms with E-state index in [0.717, 1.165) is 29.5 Å². The zero-order valence-electron chi connectivity index (χ0n) is 13.1. The summed E-state index contributed by atoms with van der Waals surface area (Å²) in [4.78, 5) is 0. The van der Waals surface area contributed by atoms with E-state index >= 15 is 0 Å². The van der Waals surface area contributed by atoms with E-state index in [0.29, 0.717) is 11.8 Å². The van der Waals surface area contributed by atoms with Gasteiger partial charge in [0.25, 0.3) is 0 Å². The van der Waals surface area contributed by atoms with Gasteiger partial charge in [0.2, 0.25) is 0 Å². The average molecular weight is 343 g/mol. The van der Waals surface area contributed by atoms with Crippen molar-refractivity contribution in [2.45, 2.75) is 46.0 Å². The van der Waals surface area contributed by atoms with Crippen LogP contribution in [0.25, 0.3) is 0 Å². The van der Waals surface area contributed by atoms with Gasteiger partial charge < -0.3 is 5.32 Å². The van der Waals surface area contributed by atoms with Crippen LogP contribution >= 0.6 is 15.9 Å². The van der Waals surface area contributed by atoms with Crippen LogP contribution in [0.2, 0.25) is 0 Å². The molecule has 0 aromatic carbocycles. The fraction of sp³-hybridized carbons (Fsp3) is 0.867. The average Bonchev–Trinajstić information content (AvgIpc) is 2.75. The second-order valence-electron chi connectivity index (χ2n) is 6.38.